The molecule has 1 amide bonds. The van der Waals surface area contributed by atoms with E-state index in [1.165, 1.54) is 0 Å². The van der Waals surface area contributed by atoms with Crippen LogP contribution >= 0.6 is 0 Å². The maximum Gasteiger partial charge on any atom is 0.241 e. The normalized spacial score (nSPS) is 12.0. The largest absolute Gasteiger partial charge is 0.508 e. The van der Waals surface area contributed by atoms with Gasteiger partial charge in [-0.3, -0.25) is 4.79 Å². The van der Waals surface area contributed by atoms with Crippen LogP contribution in [0.1, 0.15) is 5.56 Å². The Kier molecular flexibility index (Phi) is 4.78. The van der Waals surface area contributed by atoms with Crippen LogP contribution in [0.2, 0.25) is 0 Å². The molecule has 6 heteroatoms. The summed E-state index contributed by atoms with van der Waals surface area (Å²) in [6.07, 6.45) is 0.462. The molecule has 0 aliphatic heterocycles. The lowest BCUT2D eigenvalue weighted by Crippen LogP contribution is -2.37. The Labute approximate surface area is 161 Å². The Hall–Kier alpha value is -3.64. The van der Waals surface area contributed by atoms with Crippen LogP contribution in [0.15, 0.2) is 77.2 Å². The zero-order valence-electron chi connectivity index (χ0n) is 15.0. The topological polar surface area (TPSA) is 101 Å². The van der Waals surface area contributed by atoms with Crippen molar-refractivity contribution in [1.82, 2.24) is 4.98 Å². The van der Waals surface area contributed by atoms with Gasteiger partial charge in [0.05, 0.1) is 6.04 Å². The third kappa shape index (κ3) is 3.87. The Bertz CT molecular complexity index is 1110. The molecule has 0 saturated heterocycles. The highest BCUT2D eigenvalue weighted by atomic mass is 16.3. The highest BCUT2D eigenvalue weighted by Crippen LogP contribution is 2.27. The Morgan fingerprint density at radius 1 is 1.07 bits per heavy atom. The van der Waals surface area contributed by atoms with Crippen LogP contribution in [0.25, 0.3) is 22.6 Å². The van der Waals surface area contributed by atoms with Crippen LogP contribution in [0.3, 0.4) is 0 Å². The van der Waals surface area contributed by atoms with Crippen LogP contribution in [0.4, 0.5) is 5.69 Å². The van der Waals surface area contributed by atoms with Crippen molar-refractivity contribution < 1.29 is 14.3 Å². The molecule has 0 aliphatic rings. The van der Waals surface area contributed by atoms with E-state index < -0.39 is 6.04 Å². The summed E-state index contributed by atoms with van der Waals surface area (Å²) in [4.78, 5) is 16.9. The van der Waals surface area contributed by atoms with E-state index in [0.717, 1.165) is 11.1 Å². The predicted octanol–water partition coefficient (Wildman–Crippen LogP) is 3.71. The quantitative estimate of drug-likeness (QED) is 0.495. The molecule has 4 aromatic rings. The summed E-state index contributed by atoms with van der Waals surface area (Å²) in [6.45, 7) is 0. The number of nitrogens with two attached hydrogens (primary N) is 1. The number of benzene rings is 3. The smallest absolute Gasteiger partial charge is 0.241 e. The number of hydrogen-bond acceptors (Lipinski definition) is 5. The number of rotatable bonds is 5. The molecular formula is C22H19N3O3. The molecule has 0 saturated carbocycles. The lowest BCUT2D eigenvalue weighted by Gasteiger charge is -2.12. The van der Waals surface area contributed by atoms with Crippen molar-refractivity contribution in [2.75, 3.05) is 5.32 Å². The summed E-state index contributed by atoms with van der Waals surface area (Å²) in [7, 11) is 0. The summed E-state index contributed by atoms with van der Waals surface area (Å²) in [5, 5.41) is 12.2. The zero-order chi connectivity index (χ0) is 19.5. The molecule has 28 heavy (non-hydrogen) atoms. The number of carbonyl (C=O) groups is 1. The standard InChI is InChI=1S/C22H19N3O3/c23-18(12-14-4-2-1-3-5-14)21(27)24-16-8-11-20-19(13-16)25-22(28-20)15-6-9-17(26)10-7-15/h1-11,13,18,26H,12,23H2,(H,24,27)/t18-/m1/s1. The molecule has 4 rings (SSSR count). The highest BCUT2D eigenvalue weighted by molar-refractivity contribution is 5.96. The minimum atomic E-state index is -0.650. The van der Waals surface area contributed by atoms with Gasteiger partial charge in [0.1, 0.15) is 11.3 Å². The lowest BCUT2D eigenvalue weighted by atomic mass is 10.1. The van der Waals surface area contributed by atoms with E-state index in [1.807, 2.05) is 30.3 Å². The average Bonchev–Trinajstić information content (AvgIpc) is 3.12. The minimum absolute atomic E-state index is 0.178. The number of aromatic nitrogens is 1. The molecule has 0 aliphatic carbocycles. The average molecular weight is 373 g/mol. The van der Waals surface area contributed by atoms with E-state index in [9.17, 15) is 9.90 Å². The fourth-order valence-corrected chi connectivity index (χ4v) is 2.93. The second-order valence-electron chi connectivity index (χ2n) is 6.53. The SMILES string of the molecule is N[C@H](Cc1ccccc1)C(=O)Nc1ccc2oc(-c3ccc(O)cc3)nc2c1. The van der Waals surface area contributed by atoms with Gasteiger partial charge >= 0.3 is 0 Å². The fraction of sp³-hybridized carbons (Fsp3) is 0.0909. The number of anilines is 1. The van der Waals surface area contributed by atoms with Crippen molar-refractivity contribution in [2.24, 2.45) is 5.73 Å². The molecule has 0 spiro atoms. The second-order valence-corrected chi connectivity index (χ2v) is 6.53. The monoisotopic (exact) mass is 373 g/mol. The first kappa shape index (κ1) is 17.8. The molecule has 0 fully saturated rings. The molecular weight excluding hydrogens is 354 g/mol. The third-order valence-electron chi connectivity index (χ3n) is 4.40. The second kappa shape index (κ2) is 7.54. The van der Waals surface area contributed by atoms with Crippen LogP contribution in [0, 0.1) is 0 Å². The van der Waals surface area contributed by atoms with E-state index in [2.05, 4.69) is 10.3 Å². The molecule has 6 nitrogen and oxygen atoms in total. The first-order valence-corrected chi connectivity index (χ1v) is 8.89. The van der Waals surface area contributed by atoms with Gasteiger partial charge in [-0.05, 0) is 54.4 Å². The van der Waals surface area contributed by atoms with Crippen molar-refractivity contribution >= 4 is 22.7 Å². The number of carbonyl (C=O) groups excluding carboxylic acids is 1. The van der Waals surface area contributed by atoms with Gasteiger partial charge in [0.2, 0.25) is 11.8 Å². The minimum Gasteiger partial charge on any atom is -0.508 e. The Morgan fingerprint density at radius 3 is 2.57 bits per heavy atom. The van der Waals surface area contributed by atoms with Crippen LogP contribution in [-0.2, 0) is 11.2 Å². The number of phenols is 1. The van der Waals surface area contributed by atoms with E-state index in [4.69, 9.17) is 10.2 Å². The molecule has 0 bridgehead atoms. The highest BCUT2D eigenvalue weighted by Gasteiger charge is 2.15. The number of fused-ring (bicyclic) bond motifs is 1. The van der Waals surface area contributed by atoms with Crippen LogP contribution < -0.4 is 11.1 Å². The molecule has 4 N–H and O–H groups in total. The molecule has 1 atom stereocenters. The number of nitrogens with one attached hydrogen (secondary N) is 1. The molecule has 3 aromatic carbocycles. The molecule has 0 radical (unpaired) electrons. The summed E-state index contributed by atoms with van der Waals surface area (Å²) >= 11 is 0. The lowest BCUT2D eigenvalue weighted by molar-refractivity contribution is -0.117. The van der Waals surface area contributed by atoms with Crippen LogP contribution in [0.5, 0.6) is 5.75 Å². The first-order valence-electron chi connectivity index (χ1n) is 8.89. The van der Waals surface area contributed by atoms with Gasteiger partial charge in [0.15, 0.2) is 5.58 Å². The van der Waals surface area contributed by atoms with Gasteiger partial charge in [-0.2, -0.15) is 0 Å². The van der Waals surface area contributed by atoms with Crippen molar-refractivity contribution in [1.29, 1.82) is 0 Å². The summed E-state index contributed by atoms with van der Waals surface area (Å²) in [5.74, 6) is 0.362. The van der Waals surface area contributed by atoms with Gasteiger partial charge in [0, 0.05) is 11.3 Å². The Morgan fingerprint density at radius 2 is 1.82 bits per heavy atom. The molecule has 1 aromatic heterocycles. The van der Waals surface area contributed by atoms with E-state index >= 15 is 0 Å². The zero-order valence-corrected chi connectivity index (χ0v) is 15.0. The Balaban J connectivity index is 1.49. The first-order chi connectivity index (χ1) is 13.6. The summed E-state index contributed by atoms with van der Waals surface area (Å²) in [5.41, 5.74) is 9.63. The number of phenolic OH excluding ortho intramolecular Hbond substituents is 1. The van der Waals surface area contributed by atoms with E-state index in [0.29, 0.717) is 29.1 Å². The van der Waals surface area contributed by atoms with Crippen molar-refractivity contribution in [2.45, 2.75) is 12.5 Å². The number of amides is 1. The number of aromatic hydroxyl groups is 1. The third-order valence-corrected chi connectivity index (χ3v) is 4.40. The van der Waals surface area contributed by atoms with Gasteiger partial charge in [-0.1, -0.05) is 30.3 Å². The molecule has 0 unspecified atom stereocenters. The maximum absolute atomic E-state index is 12.4. The van der Waals surface area contributed by atoms with Gasteiger partial charge in [0.25, 0.3) is 0 Å². The number of oxazole rings is 1. The summed E-state index contributed by atoms with van der Waals surface area (Å²) in [6, 6.07) is 20.9. The van der Waals surface area contributed by atoms with E-state index in [-0.39, 0.29) is 11.7 Å². The molecule has 1 heterocycles. The maximum atomic E-state index is 12.4. The predicted molar refractivity (Wildman–Crippen MR) is 108 cm³/mol. The van der Waals surface area contributed by atoms with Crippen molar-refractivity contribution in [3.05, 3.63) is 78.4 Å². The van der Waals surface area contributed by atoms with E-state index in [1.54, 1.807) is 42.5 Å². The fourth-order valence-electron chi connectivity index (χ4n) is 2.93. The van der Waals surface area contributed by atoms with Crippen molar-refractivity contribution in [3.8, 4) is 17.2 Å². The molecule has 140 valence electrons. The summed E-state index contributed by atoms with van der Waals surface area (Å²) < 4.78 is 5.75. The number of nitrogens with zero attached hydrogens (tertiary/aromatic N) is 1. The number of hydrogen-bond donors (Lipinski definition) is 3. The van der Waals surface area contributed by atoms with Gasteiger partial charge in [-0.15, -0.1) is 0 Å². The van der Waals surface area contributed by atoms with Gasteiger partial charge < -0.3 is 20.6 Å². The van der Waals surface area contributed by atoms with Crippen molar-refractivity contribution in [3.63, 3.8) is 0 Å². The van der Waals surface area contributed by atoms with Gasteiger partial charge in [-0.25, -0.2) is 4.98 Å². The van der Waals surface area contributed by atoms with Crippen LogP contribution in [-0.4, -0.2) is 22.0 Å².